The number of aromatic nitrogens is 4. The van der Waals surface area contributed by atoms with Crippen LogP contribution < -0.4 is 10.9 Å². The Morgan fingerprint density at radius 1 is 1.30 bits per heavy atom. The van der Waals surface area contributed by atoms with Crippen molar-refractivity contribution in [2.45, 2.75) is 25.6 Å². The van der Waals surface area contributed by atoms with Crippen molar-refractivity contribution in [3.8, 4) is 0 Å². The van der Waals surface area contributed by atoms with E-state index < -0.39 is 6.23 Å². The van der Waals surface area contributed by atoms with E-state index in [1.54, 1.807) is 18.3 Å². The topological polar surface area (TPSA) is 116 Å². The zero-order valence-electron chi connectivity index (χ0n) is 14.3. The van der Waals surface area contributed by atoms with Gasteiger partial charge in [0.2, 0.25) is 0 Å². The highest BCUT2D eigenvalue weighted by Crippen LogP contribution is 2.22. The summed E-state index contributed by atoms with van der Waals surface area (Å²) in [4.78, 5) is 19.2. The van der Waals surface area contributed by atoms with Gasteiger partial charge in [-0.3, -0.25) is 15.2 Å². The van der Waals surface area contributed by atoms with Gasteiger partial charge in [0.05, 0.1) is 16.7 Å². The molecule has 0 unspecified atom stereocenters. The lowest BCUT2D eigenvalue weighted by Crippen LogP contribution is -2.35. The quantitative estimate of drug-likeness (QED) is 0.316. The number of benzene rings is 1. The van der Waals surface area contributed by atoms with Crippen LogP contribution in [0, 0.1) is 0 Å². The summed E-state index contributed by atoms with van der Waals surface area (Å²) in [6, 6.07) is 5.37. The summed E-state index contributed by atoms with van der Waals surface area (Å²) in [5.41, 5.74) is 1.38. The minimum Gasteiger partial charge on any atom is -0.396 e. The van der Waals surface area contributed by atoms with Crippen molar-refractivity contribution >= 4 is 34.2 Å². The highest BCUT2D eigenvalue weighted by Gasteiger charge is 2.14. The normalized spacial score (nSPS) is 12.6. The average Bonchev–Trinajstić information content (AvgIpc) is 3.11. The van der Waals surface area contributed by atoms with Crippen molar-refractivity contribution in [1.82, 2.24) is 25.5 Å². The van der Waals surface area contributed by atoms with Crippen LogP contribution in [0.5, 0.6) is 0 Å². The summed E-state index contributed by atoms with van der Waals surface area (Å²) in [6.45, 7) is 0.891. The van der Waals surface area contributed by atoms with Gasteiger partial charge in [0.25, 0.3) is 5.56 Å². The number of halogens is 2. The molecule has 1 atom stereocenters. The number of hydrogen-bond donors (Lipinski definition) is 4. The van der Waals surface area contributed by atoms with Crippen LogP contribution in [-0.2, 0) is 17.7 Å². The van der Waals surface area contributed by atoms with Gasteiger partial charge in [0.15, 0.2) is 5.52 Å². The fraction of sp³-hybridized carbons (Fsp3) is 0.353. The summed E-state index contributed by atoms with van der Waals surface area (Å²) >= 11 is 12.0. The van der Waals surface area contributed by atoms with Gasteiger partial charge in [-0.15, -0.1) is 0 Å². The molecule has 0 saturated heterocycles. The second-order valence-corrected chi connectivity index (χ2v) is 6.72. The molecule has 8 nitrogen and oxygen atoms in total. The zero-order valence-corrected chi connectivity index (χ0v) is 15.8. The van der Waals surface area contributed by atoms with Gasteiger partial charge >= 0.3 is 0 Å². The Hall–Kier alpha value is -1.97. The van der Waals surface area contributed by atoms with Gasteiger partial charge in [-0.1, -0.05) is 29.3 Å². The van der Waals surface area contributed by atoms with Crippen LogP contribution in [-0.4, -0.2) is 44.7 Å². The molecule has 27 heavy (non-hydrogen) atoms. The molecule has 0 fully saturated rings. The second kappa shape index (κ2) is 9.29. The largest absolute Gasteiger partial charge is 0.396 e. The third kappa shape index (κ3) is 5.27. The first-order valence-electron chi connectivity index (χ1n) is 8.39. The molecule has 144 valence electrons. The van der Waals surface area contributed by atoms with Crippen LogP contribution >= 0.6 is 23.2 Å². The molecule has 0 aliphatic rings. The van der Waals surface area contributed by atoms with Crippen LogP contribution in [0.15, 0.2) is 29.2 Å². The Morgan fingerprint density at radius 3 is 2.93 bits per heavy atom. The Morgan fingerprint density at radius 2 is 2.15 bits per heavy atom. The third-order valence-electron chi connectivity index (χ3n) is 3.87. The zero-order chi connectivity index (χ0) is 19.2. The smallest absolute Gasteiger partial charge is 0.279 e. The van der Waals surface area contributed by atoms with Gasteiger partial charge in [-0.2, -0.15) is 5.10 Å². The van der Waals surface area contributed by atoms with E-state index in [4.69, 9.17) is 33.0 Å². The first-order valence-corrected chi connectivity index (χ1v) is 9.15. The minimum atomic E-state index is -0.418. The van der Waals surface area contributed by atoms with Crippen LogP contribution in [0.25, 0.3) is 11.0 Å². The number of nitrogens with zero attached hydrogens (tertiary/aromatic N) is 2. The molecular formula is C17H19Cl2N5O3. The highest BCUT2D eigenvalue weighted by molar-refractivity contribution is 6.42. The number of hydrogen-bond acceptors (Lipinski definition) is 6. The lowest BCUT2D eigenvalue weighted by atomic mass is 10.2. The fourth-order valence-electron chi connectivity index (χ4n) is 2.53. The molecule has 0 amide bonds. The third-order valence-corrected chi connectivity index (χ3v) is 4.61. The van der Waals surface area contributed by atoms with Gasteiger partial charge in [0.1, 0.15) is 17.6 Å². The van der Waals surface area contributed by atoms with Crippen molar-refractivity contribution < 1.29 is 9.84 Å². The summed E-state index contributed by atoms with van der Waals surface area (Å²) < 4.78 is 5.78. The molecule has 0 aliphatic heterocycles. The van der Waals surface area contributed by atoms with E-state index in [2.05, 4.69) is 25.5 Å². The van der Waals surface area contributed by atoms with Crippen molar-refractivity contribution in [2.75, 3.05) is 13.2 Å². The van der Waals surface area contributed by atoms with E-state index in [1.165, 1.54) is 0 Å². The van der Waals surface area contributed by atoms with E-state index in [1.807, 2.05) is 6.07 Å². The molecule has 0 bridgehead atoms. The van der Waals surface area contributed by atoms with E-state index in [0.29, 0.717) is 47.4 Å². The van der Waals surface area contributed by atoms with Gasteiger partial charge in [0, 0.05) is 25.8 Å². The summed E-state index contributed by atoms with van der Waals surface area (Å²) in [6.07, 6.45) is 2.00. The molecule has 2 aromatic heterocycles. The summed E-state index contributed by atoms with van der Waals surface area (Å²) in [5, 5.41) is 19.7. The Kier molecular flexibility index (Phi) is 6.81. The van der Waals surface area contributed by atoms with Crippen LogP contribution in [0.4, 0.5) is 0 Å². The standard InChI is InChI=1S/C17H19Cl2N5O3/c18-11-3-2-10(6-12(11)19)8-20-15(27-5-1-4-25)7-14-22-13-9-21-24-16(13)17(26)23-14/h2-3,6,9,15,20,25H,1,4-5,7-8H2,(H,21,24)(H,22,23,26)/t15-/m0/s1. The molecule has 3 aromatic rings. The first kappa shape index (κ1) is 19.8. The van der Waals surface area contributed by atoms with Crippen molar-refractivity contribution in [3.05, 3.63) is 56.2 Å². The van der Waals surface area contributed by atoms with E-state index in [0.717, 1.165) is 5.56 Å². The molecule has 2 heterocycles. The molecule has 4 N–H and O–H groups in total. The van der Waals surface area contributed by atoms with Gasteiger partial charge in [-0.25, -0.2) is 4.98 Å². The SMILES string of the molecule is O=c1[nH]c(C[C@@H](NCc2ccc(Cl)c(Cl)c2)OCCCO)nc2c[nH]nc12. The van der Waals surface area contributed by atoms with Crippen molar-refractivity contribution in [1.29, 1.82) is 0 Å². The number of aliphatic hydroxyl groups excluding tert-OH is 1. The molecule has 3 rings (SSSR count). The summed E-state index contributed by atoms with van der Waals surface area (Å²) in [5.74, 6) is 0.476. The van der Waals surface area contributed by atoms with Crippen molar-refractivity contribution in [3.63, 3.8) is 0 Å². The Labute approximate surface area is 164 Å². The van der Waals surface area contributed by atoms with Crippen LogP contribution in [0.3, 0.4) is 0 Å². The minimum absolute atomic E-state index is 0.0373. The van der Waals surface area contributed by atoms with Gasteiger partial charge < -0.3 is 14.8 Å². The highest BCUT2D eigenvalue weighted by atomic mass is 35.5. The van der Waals surface area contributed by atoms with E-state index in [-0.39, 0.29) is 17.7 Å². The molecule has 10 heteroatoms. The van der Waals surface area contributed by atoms with Gasteiger partial charge in [-0.05, 0) is 24.1 Å². The molecule has 0 spiro atoms. The maximum Gasteiger partial charge on any atom is 0.279 e. The number of rotatable bonds is 9. The monoisotopic (exact) mass is 411 g/mol. The van der Waals surface area contributed by atoms with Crippen molar-refractivity contribution in [2.24, 2.45) is 0 Å². The first-order chi connectivity index (χ1) is 13.1. The van der Waals surface area contributed by atoms with Crippen LogP contribution in [0.2, 0.25) is 10.0 Å². The number of H-pyrrole nitrogens is 2. The number of fused-ring (bicyclic) bond motifs is 1. The average molecular weight is 412 g/mol. The Bertz CT molecular complexity index is 959. The molecule has 1 aromatic carbocycles. The van der Waals surface area contributed by atoms with Crippen LogP contribution in [0.1, 0.15) is 17.8 Å². The maximum absolute atomic E-state index is 12.1. The maximum atomic E-state index is 12.1. The molecule has 0 saturated carbocycles. The number of aromatic amines is 2. The Balaban J connectivity index is 1.71. The molecule has 0 radical (unpaired) electrons. The predicted molar refractivity (Wildman–Crippen MR) is 103 cm³/mol. The number of aliphatic hydroxyl groups is 1. The second-order valence-electron chi connectivity index (χ2n) is 5.90. The summed E-state index contributed by atoms with van der Waals surface area (Å²) in [7, 11) is 0. The predicted octanol–water partition coefficient (Wildman–Crippen LogP) is 2.01. The number of ether oxygens (including phenoxy) is 1. The lowest BCUT2D eigenvalue weighted by molar-refractivity contribution is 0.0202. The van der Waals surface area contributed by atoms with E-state index in [9.17, 15) is 4.79 Å². The number of nitrogens with one attached hydrogen (secondary N) is 3. The fourth-order valence-corrected chi connectivity index (χ4v) is 2.85. The molecule has 0 aliphatic carbocycles. The van der Waals surface area contributed by atoms with E-state index >= 15 is 0 Å². The lowest BCUT2D eigenvalue weighted by Gasteiger charge is -2.19. The molecular weight excluding hydrogens is 393 g/mol.